The van der Waals surface area contributed by atoms with Crippen molar-refractivity contribution in [1.29, 1.82) is 0 Å². The second kappa shape index (κ2) is 7.63. The van der Waals surface area contributed by atoms with Crippen molar-refractivity contribution in [3.05, 3.63) is 90.3 Å². The molecule has 2 bridgehead atoms. The molecule has 3 heterocycles. The SMILES string of the molecule is O=C1[C@@H]2C[C@@H](CN2C(=O)c2ccccc2)Oc2ccccc2N1Cc1ccccn1. The monoisotopic (exact) mass is 399 g/mol. The molecule has 0 N–H and O–H groups in total. The lowest BCUT2D eigenvalue weighted by Gasteiger charge is -2.31. The zero-order chi connectivity index (χ0) is 20.5. The van der Waals surface area contributed by atoms with Crippen LogP contribution in [0, 0.1) is 0 Å². The number of anilines is 1. The number of pyridine rings is 1. The molecule has 0 spiro atoms. The van der Waals surface area contributed by atoms with Crippen LogP contribution < -0.4 is 9.64 Å². The van der Waals surface area contributed by atoms with E-state index >= 15 is 0 Å². The van der Waals surface area contributed by atoms with Gasteiger partial charge in [-0.15, -0.1) is 0 Å². The Morgan fingerprint density at radius 1 is 1.00 bits per heavy atom. The van der Waals surface area contributed by atoms with E-state index in [9.17, 15) is 9.59 Å². The summed E-state index contributed by atoms with van der Waals surface area (Å²) < 4.78 is 6.25. The number of carbonyl (C=O) groups is 2. The normalized spacial score (nSPS) is 20.2. The lowest BCUT2D eigenvalue weighted by atomic mass is 10.1. The highest BCUT2D eigenvalue weighted by atomic mass is 16.5. The Morgan fingerprint density at radius 2 is 1.77 bits per heavy atom. The summed E-state index contributed by atoms with van der Waals surface area (Å²) in [6.45, 7) is 0.699. The standard InChI is InChI=1S/C24H21N3O3/c28-23(17-8-2-1-3-9-17)27-16-19-14-21(27)24(29)26(15-18-10-6-7-13-25-18)20-11-4-5-12-22(20)30-19/h1-13,19,21H,14-16H2/t19-,21-/m0/s1. The molecule has 0 aliphatic carbocycles. The summed E-state index contributed by atoms with van der Waals surface area (Å²) in [6, 6.07) is 21.7. The van der Waals surface area contributed by atoms with Crippen molar-refractivity contribution in [2.45, 2.75) is 25.1 Å². The van der Waals surface area contributed by atoms with Gasteiger partial charge in [-0.05, 0) is 36.4 Å². The van der Waals surface area contributed by atoms with Crippen molar-refractivity contribution < 1.29 is 14.3 Å². The Bertz CT molecular complexity index is 1070. The van der Waals surface area contributed by atoms with Crippen LogP contribution in [0.15, 0.2) is 79.0 Å². The predicted octanol–water partition coefficient (Wildman–Crippen LogP) is 3.29. The van der Waals surface area contributed by atoms with Crippen LogP contribution >= 0.6 is 0 Å². The lowest BCUT2D eigenvalue weighted by molar-refractivity contribution is -0.122. The smallest absolute Gasteiger partial charge is 0.254 e. The highest BCUT2D eigenvalue weighted by Gasteiger charge is 2.45. The molecule has 0 saturated carbocycles. The molecule has 2 amide bonds. The molecular weight excluding hydrogens is 378 g/mol. The van der Waals surface area contributed by atoms with Gasteiger partial charge in [0.25, 0.3) is 5.91 Å². The molecule has 2 aliphatic rings. The molecule has 2 aromatic carbocycles. The molecule has 6 heteroatoms. The van der Waals surface area contributed by atoms with E-state index in [0.717, 1.165) is 5.69 Å². The van der Waals surface area contributed by atoms with E-state index in [1.54, 1.807) is 28.1 Å². The van der Waals surface area contributed by atoms with Crippen molar-refractivity contribution in [1.82, 2.24) is 9.88 Å². The van der Waals surface area contributed by atoms with Crippen LogP contribution in [0.4, 0.5) is 5.69 Å². The van der Waals surface area contributed by atoms with Gasteiger partial charge in [-0.1, -0.05) is 36.4 Å². The minimum atomic E-state index is -0.570. The summed E-state index contributed by atoms with van der Waals surface area (Å²) in [5, 5.41) is 0. The van der Waals surface area contributed by atoms with Gasteiger partial charge in [0.2, 0.25) is 5.91 Å². The first-order chi connectivity index (χ1) is 14.7. The fourth-order valence-electron chi connectivity index (χ4n) is 4.16. The topological polar surface area (TPSA) is 62.7 Å². The fraction of sp³-hybridized carbons (Fsp3) is 0.208. The Balaban J connectivity index is 1.53. The Kier molecular flexibility index (Phi) is 4.67. The molecule has 1 aromatic heterocycles. The third-order valence-corrected chi connectivity index (χ3v) is 5.59. The van der Waals surface area contributed by atoms with Crippen molar-refractivity contribution in [3.8, 4) is 5.75 Å². The van der Waals surface area contributed by atoms with Gasteiger partial charge in [0, 0.05) is 18.2 Å². The first-order valence-corrected chi connectivity index (χ1v) is 10.0. The third kappa shape index (κ3) is 3.30. The molecular formula is C24H21N3O3. The minimum absolute atomic E-state index is 0.108. The van der Waals surface area contributed by atoms with Crippen molar-refractivity contribution >= 4 is 17.5 Å². The molecule has 30 heavy (non-hydrogen) atoms. The van der Waals surface area contributed by atoms with Crippen LogP contribution in [0.1, 0.15) is 22.5 Å². The van der Waals surface area contributed by atoms with Gasteiger partial charge in [-0.25, -0.2) is 0 Å². The number of amides is 2. The molecule has 150 valence electrons. The lowest BCUT2D eigenvalue weighted by Crippen LogP contribution is -2.48. The summed E-state index contributed by atoms with van der Waals surface area (Å²) in [6.07, 6.45) is 1.97. The number of hydrogen-bond donors (Lipinski definition) is 0. The van der Waals surface area contributed by atoms with E-state index in [-0.39, 0.29) is 17.9 Å². The average Bonchev–Trinajstić information content (AvgIpc) is 3.22. The maximum atomic E-state index is 13.7. The van der Waals surface area contributed by atoms with Crippen molar-refractivity contribution in [2.24, 2.45) is 0 Å². The van der Waals surface area contributed by atoms with Crippen molar-refractivity contribution in [2.75, 3.05) is 11.4 Å². The van der Waals surface area contributed by atoms with E-state index in [0.29, 0.717) is 36.5 Å². The molecule has 0 unspecified atom stereocenters. The van der Waals surface area contributed by atoms with Crippen LogP contribution in [0.2, 0.25) is 0 Å². The second-order valence-corrected chi connectivity index (χ2v) is 7.53. The molecule has 3 aromatic rings. The number of likely N-dealkylation sites (tertiary alicyclic amines) is 1. The van der Waals surface area contributed by atoms with E-state index in [1.807, 2.05) is 60.7 Å². The van der Waals surface area contributed by atoms with Crippen LogP contribution in [-0.2, 0) is 11.3 Å². The van der Waals surface area contributed by atoms with Gasteiger partial charge in [-0.3, -0.25) is 14.6 Å². The summed E-state index contributed by atoms with van der Waals surface area (Å²) in [5.74, 6) is 0.395. The highest BCUT2D eigenvalue weighted by molar-refractivity contribution is 6.03. The van der Waals surface area contributed by atoms with E-state index < -0.39 is 6.04 Å². The maximum absolute atomic E-state index is 13.7. The first-order valence-electron chi connectivity index (χ1n) is 10.0. The number of para-hydroxylation sites is 2. The van der Waals surface area contributed by atoms with E-state index in [2.05, 4.69) is 4.98 Å². The molecule has 5 rings (SSSR count). The maximum Gasteiger partial charge on any atom is 0.254 e. The van der Waals surface area contributed by atoms with Crippen LogP contribution in [0.5, 0.6) is 5.75 Å². The fourth-order valence-corrected chi connectivity index (χ4v) is 4.16. The number of nitrogens with zero attached hydrogens (tertiary/aromatic N) is 3. The van der Waals surface area contributed by atoms with Gasteiger partial charge >= 0.3 is 0 Å². The van der Waals surface area contributed by atoms with E-state index in [4.69, 9.17) is 4.74 Å². The highest BCUT2D eigenvalue weighted by Crippen LogP contribution is 2.37. The number of benzene rings is 2. The van der Waals surface area contributed by atoms with Crippen molar-refractivity contribution in [3.63, 3.8) is 0 Å². The summed E-state index contributed by atoms with van der Waals surface area (Å²) in [7, 11) is 0. The van der Waals surface area contributed by atoms with Crippen LogP contribution in [0.25, 0.3) is 0 Å². The Labute approximate surface area is 174 Å². The van der Waals surface area contributed by atoms with Crippen LogP contribution in [0.3, 0.4) is 0 Å². The van der Waals surface area contributed by atoms with Gasteiger partial charge in [-0.2, -0.15) is 0 Å². The molecule has 1 fully saturated rings. The number of hydrogen-bond acceptors (Lipinski definition) is 4. The Morgan fingerprint density at radius 3 is 2.57 bits per heavy atom. The number of ether oxygens (including phenoxy) is 1. The Hall–Kier alpha value is -3.67. The largest absolute Gasteiger partial charge is 0.486 e. The van der Waals surface area contributed by atoms with Gasteiger partial charge in [0.05, 0.1) is 24.5 Å². The van der Waals surface area contributed by atoms with Gasteiger partial charge in [0.1, 0.15) is 17.9 Å². The quantitative estimate of drug-likeness (QED) is 0.678. The molecule has 2 aliphatic heterocycles. The molecule has 1 saturated heterocycles. The predicted molar refractivity (Wildman–Crippen MR) is 112 cm³/mol. The number of fused-ring (bicyclic) bond motifs is 3. The second-order valence-electron chi connectivity index (χ2n) is 7.53. The first kappa shape index (κ1) is 18.4. The number of rotatable bonds is 3. The minimum Gasteiger partial charge on any atom is -0.486 e. The molecule has 2 atom stereocenters. The summed E-state index contributed by atoms with van der Waals surface area (Å²) in [5.41, 5.74) is 2.05. The molecule has 6 nitrogen and oxygen atoms in total. The number of aromatic nitrogens is 1. The third-order valence-electron chi connectivity index (χ3n) is 5.59. The number of carbonyl (C=O) groups excluding carboxylic acids is 2. The summed E-state index contributed by atoms with van der Waals surface area (Å²) in [4.78, 5) is 34.6. The van der Waals surface area contributed by atoms with Gasteiger partial charge in [0.15, 0.2) is 0 Å². The molecule has 0 radical (unpaired) electrons. The average molecular weight is 399 g/mol. The van der Waals surface area contributed by atoms with Gasteiger partial charge < -0.3 is 14.5 Å². The summed E-state index contributed by atoms with van der Waals surface area (Å²) >= 11 is 0. The van der Waals surface area contributed by atoms with E-state index in [1.165, 1.54) is 0 Å². The zero-order valence-electron chi connectivity index (χ0n) is 16.3. The van der Waals surface area contributed by atoms with Crippen LogP contribution in [-0.4, -0.2) is 40.4 Å². The zero-order valence-corrected chi connectivity index (χ0v) is 16.3.